The van der Waals surface area contributed by atoms with Gasteiger partial charge in [-0.05, 0) is 48.9 Å². The number of nitrogens with zero attached hydrogens (tertiary/aromatic N) is 1. The molecule has 0 spiro atoms. The SMILES string of the molecule is Cc1ccc2nc(NNC(=O)c3ccc(F)cc3)sc2c1. The molecule has 2 N–H and O–H groups in total. The maximum Gasteiger partial charge on any atom is 0.269 e. The zero-order valence-corrected chi connectivity index (χ0v) is 12.0. The molecule has 0 aliphatic carbocycles. The maximum absolute atomic E-state index is 12.8. The number of nitrogens with one attached hydrogen (secondary N) is 2. The van der Waals surface area contributed by atoms with Crippen LogP contribution in [0, 0.1) is 12.7 Å². The molecular formula is C15H12FN3OS. The lowest BCUT2D eigenvalue weighted by molar-refractivity contribution is 0.0962. The molecule has 1 amide bonds. The first-order chi connectivity index (χ1) is 10.1. The van der Waals surface area contributed by atoms with E-state index in [-0.39, 0.29) is 11.7 Å². The average Bonchev–Trinajstić information content (AvgIpc) is 2.87. The highest BCUT2D eigenvalue weighted by Crippen LogP contribution is 2.26. The molecule has 0 atom stereocenters. The molecular weight excluding hydrogens is 289 g/mol. The summed E-state index contributed by atoms with van der Waals surface area (Å²) in [6.07, 6.45) is 0. The summed E-state index contributed by atoms with van der Waals surface area (Å²) in [5, 5.41) is 0.603. The molecule has 0 aliphatic heterocycles. The number of halogens is 1. The smallest absolute Gasteiger partial charge is 0.269 e. The van der Waals surface area contributed by atoms with E-state index in [1.54, 1.807) is 0 Å². The van der Waals surface area contributed by atoms with E-state index in [1.165, 1.54) is 35.6 Å². The Kier molecular flexibility index (Phi) is 3.53. The summed E-state index contributed by atoms with van der Waals surface area (Å²) in [6.45, 7) is 2.02. The van der Waals surface area contributed by atoms with Crippen molar-refractivity contribution in [2.75, 3.05) is 5.43 Å². The van der Waals surface area contributed by atoms with Crippen molar-refractivity contribution >= 4 is 32.6 Å². The highest BCUT2D eigenvalue weighted by molar-refractivity contribution is 7.22. The fourth-order valence-electron chi connectivity index (χ4n) is 1.87. The monoisotopic (exact) mass is 301 g/mol. The van der Waals surface area contributed by atoms with Gasteiger partial charge in [0.1, 0.15) is 5.82 Å². The van der Waals surface area contributed by atoms with E-state index in [9.17, 15) is 9.18 Å². The van der Waals surface area contributed by atoms with Crippen molar-refractivity contribution in [2.24, 2.45) is 0 Å². The molecule has 0 bridgehead atoms. The number of anilines is 1. The van der Waals surface area contributed by atoms with Crippen molar-refractivity contribution in [1.82, 2.24) is 10.4 Å². The molecule has 1 aromatic heterocycles. The Balaban J connectivity index is 1.71. The van der Waals surface area contributed by atoms with Crippen LogP contribution in [0.5, 0.6) is 0 Å². The van der Waals surface area contributed by atoms with Gasteiger partial charge in [0.2, 0.25) is 5.13 Å². The first-order valence-corrected chi connectivity index (χ1v) is 7.12. The van der Waals surface area contributed by atoms with Gasteiger partial charge in [-0.3, -0.25) is 15.6 Å². The molecule has 4 nitrogen and oxygen atoms in total. The van der Waals surface area contributed by atoms with Crippen molar-refractivity contribution in [3.8, 4) is 0 Å². The minimum absolute atomic E-state index is 0.342. The number of aryl methyl sites for hydroxylation is 1. The summed E-state index contributed by atoms with van der Waals surface area (Å²) in [6, 6.07) is 11.3. The number of fused-ring (bicyclic) bond motifs is 1. The summed E-state index contributed by atoms with van der Waals surface area (Å²) in [4.78, 5) is 16.2. The zero-order valence-electron chi connectivity index (χ0n) is 11.2. The van der Waals surface area contributed by atoms with Crippen molar-refractivity contribution in [2.45, 2.75) is 6.92 Å². The molecule has 3 aromatic rings. The summed E-state index contributed by atoms with van der Waals surface area (Å²) >= 11 is 1.45. The predicted octanol–water partition coefficient (Wildman–Crippen LogP) is 3.50. The number of rotatable bonds is 3. The van der Waals surface area contributed by atoms with Crippen LogP contribution in [0.25, 0.3) is 10.2 Å². The predicted molar refractivity (Wildman–Crippen MR) is 81.8 cm³/mol. The minimum Gasteiger partial charge on any atom is -0.273 e. The second-order valence-electron chi connectivity index (χ2n) is 4.58. The van der Waals surface area contributed by atoms with E-state index in [0.717, 1.165) is 15.8 Å². The number of hydrazine groups is 1. The van der Waals surface area contributed by atoms with Crippen molar-refractivity contribution in [3.05, 3.63) is 59.4 Å². The summed E-state index contributed by atoms with van der Waals surface area (Å²) in [5.41, 5.74) is 7.74. The molecule has 0 aliphatic rings. The Morgan fingerprint density at radius 1 is 1.19 bits per heavy atom. The fourth-order valence-corrected chi connectivity index (χ4v) is 2.79. The highest BCUT2D eigenvalue weighted by Gasteiger charge is 2.07. The van der Waals surface area contributed by atoms with Gasteiger partial charge in [-0.2, -0.15) is 0 Å². The molecule has 1 heterocycles. The molecule has 0 unspecified atom stereocenters. The lowest BCUT2D eigenvalue weighted by atomic mass is 10.2. The maximum atomic E-state index is 12.8. The Bertz CT molecular complexity index is 798. The number of carbonyl (C=O) groups is 1. The highest BCUT2D eigenvalue weighted by atomic mass is 32.1. The van der Waals surface area contributed by atoms with Crippen LogP contribution in [-0.4, -0.2) is 10.9 Å². The van der Waals surface area contributed by atoms with Crippen molar-refractivity contribution < 1.29 is 9.18 Å². The third kappa shape index (κ3) is 3.00. The number of benzene rings is 2. The van der Waals surface area contributed by atoms with E-state index in [2.05, 4.69) is 15.8 Å². The van der Waals surface area contributed by atoms with Gasteiger partial charge in [0.25, 0.3) is 5.91 Å². The van der Waals surface area contributed by atoms with Crippen LogP contribution in [0.15, 0.2) is 42.5 Å². The van der Waals surface area contributed by atoms with Crippen molar-refractivity contribution in [3.63, 3.8) is 0 Å². The Morgan fingerprint density at radius 2 is 1.95 bits per heavy atom. The third-order valence-electron chi connectivity index (χ3n) is 2.93. The van der Waals surface area contributed by atoms with E-state index < -0.39 is 0 Å². The lowest BCUT2D eigenvalue weighted by Crippen LogP contribution is -2.29. The fraction of sp³-hybridized carbons (Fsp3) is 0.0667. The molecule has 0 saturated carbocycles. The quantitative estimate of drug-likeness (QED) is 0.728. The normalized spacial score (nSPS) is 10.6. The zero-order chi connectivity index (χ0) is 14.8. The van der Waals surface area contributed by atoms with E-state index in [4.69, 9.17) is 0 Å². The van der Waals surface area contributed by atoms with Crippen LogP contribution < -0.4 is 10.9 Å². The van der Waals surface area contributed by atoms with Crippen LogP contribution >= 0.6 is 11.3 Å². The molecule has 3 rings (SSSR count). The number of thiazole rings is 1. The van der Waals surface area contributed by atoms with Gasteiger partial charge in [-0.15, -0.1) is 0 Å². The summed E-state index contributed by atoms with van der Waals surface area (Å²) in [5.74, 6) is -0.716. The standard InChI is InChI=1S/C15H12FN3OS/c1-9-2-7-12-13(8-9)21-15(17-12)19-18-14(20)10-3-5-11(16)6-4-10/h2-8H,1H3,(H,17,19)(H,18,20). The van der Waals surface area contributed by atoms with E-state index >= 15 is 0 Å². The van der Waals surface area contributed by atoms with Gasteiger partial charge in [-0.25, -0.2) is 9.37 Å². The molecule has 106 valence electrons. The Morgan fingerprint density at radius 3 is 2.71 bits per heavy atom. The number of hydrogen-bond donors (Lipinski definition) is 2. The van der Waals surface area contributed by atoms with Gasteiger partial charge < -0.3 is 0 Å². The number of hydrogen-bond acceptors (Lipinski definition) is 4. The van der Waals surface area contributed by atoms with Crippen molar-refractivity contribution in [1.29, 1.82) is 0 Å². The first-order valence-electron chi connectivity index (χ1n) is 6.31. The number of carbonyl (C=O) groups excluding carboxylic acids is 1. The topological polar surface area (TPSA) is 54.0 Å². The van der Waals surface area contributed by atoms with Crippen LogP contribution in [0.3, 0.4) is 0 Å². The van der Waals surface area contributed by atoms with Gasteiger partial charge >= 0.3 is 0 Å². The number of aromatic nitrogens is 1. The molecule has 0 fully saturated rings. The lowest BCUT2D eigenvalue weighted by Gasteiger charge is -2.05. The van der Waals surface area contributed by atoms with Crippen LogP contribution in [-0.2, 0) is 0 Å². The molecule has 0 saturated heterocycles. The largest absolute Gasteiger partial charge is 0.273 e. The van der Waals surface area contributed by atoms with E-state index in [1.807, 2.05) is 25.1 Å². The van der Waals surface area contributed by atoms with Gasteiger partial charge in [0.05, 0.1) is 10.2 Å². The summed E-state index contributed by atoms with van der Waals surface area (Å²) < 4.78 is 13.8. The van der Waals surface area contributed by atoms with Crippen LogP contribution in [0.1, 0.15) is 15.9 Å². The number of amides is 1. The molecule has 0 radical (unpaired) electrons. The van der Waals surface area contributed by atoms with Gasteiger partial charge in [0.15, 0.2) is 0 Å². The Labute approximate surface area is 124 Å². The second-order valence-corrected chi connectivity index (χ2v) is 5.61. The summed E-state index contributed by atoms with van der Waals surface area (Å²) in [7, 11) is 0. The van der Waals surface area contributed by atoms with Gasteiger partial charge in [-0.1, -0.05) is 17.4 Å². The molecule has 2 aromatic carbocycles. The van der Waals surface area contributed by atoms with Gasteiger partial charge in [0, 0.05) is 5.56 Å². The second kappa shape index (κ2) is 5.49. The van der Waals surface area contributed by atoms with Crippen LogP contribution in [0.4, 0.5) is 9.52 Å². The Hall–Kier alpha value is -2.47. The van der Waals surface area contributed by atoms with Crippen LogP contribution in [0.2, 0.25) is 0 Å². The van der Waals surface area contributed by atoms with E-state index in [0.29, 0.717) is 10.7 Å². The third-order valence-corrected chi connectivity index (χ3v) is 3.87. The minimum atomic E-state index is -0.374. The first kappa shape index (κ1) is 13.5. The molecule has 6 heteroatoms. The molecule has 21 heavy (non-hydrogen) atoms. The average molecular weight is 301 g/mol.